The second-order valence-electron chi connectivity index (χ2n) is 9.32. The molecule has 1 aliphatic rings. The third-order valence-electron chi connectivity index (χ3n) is 6.81. The summed E-state index contributed by atoms with van der Waals surface area (Å²) in [6.07, 6.45) is 0.497. The van der Waals surface area contributed by atoms with Crippen molar-refractivity contribution in [2.75, 3.05) is 5.01 Å². The summed E-state index contributed by atoms with van der Waals surface area (Å²) in [5, 5.41) is 11.6. The molecule has 1 atom stereocenters. The molecule has 3 aromatic heterocycles. The molecule has 40 heavy (non-hydrogen) atoms. The van der Waals surface area contributed by atoms with Crippen molar-refractivity contribution in [3.63, 3.8) is 0 Å². The highest BCUT2D eigenvalue weighted by atomic mass is 35.5. The van der Waals surface area contributed by atoms with E-state index in [2.05, 4.69) is 4.98 Å². The van der Waals surface area contributed by atoms with Gasteiger partial charge in [-0.25, -0.2) is 24.2 Å². The number of pyridine rings is 1. The first-order chi connectivity index (χ1) is 19.4. The van der Waals surface area contributed by atoms with Crippen LogP contribution in [0.4, 0.5) is 9.52 Å². The first-order valence-corrected chi connectivity index (χ1v) is 13.9. The van der Waals surface area contributed by atoms with E-state index in [1.165, 1.54) is 23.5 Å². The topological polar surface area (TPSA) is 71.6 Å². The molecule has 1 unspecified atom stereocenters. The minimum atomic E-state index is -0.498. The van der Waals surface area contributed by atoms with Crippen LogP contribution >= 0.6 is 34.5 Å². The van der Waals surface area contributed by atoms with Gasteiger partial charge < -0.3 is 4.42 Å². The standard InChI is InChI=1S/C30H17Cl2FN4O2S/c31-19-7-10-27-18(11-19)13-21(29(38)39-27)25-15-40-30(35-25)37-26(14-24(36-37)16-5-8-20(33)9-6-16)22-12-17-3-1-2-4-23(17)34-28(22)32/h1-13,15,26H,14H2. The van der Waals surface area contributed by atoms with Crippen LogP contribution in [-0.2, 0) is 0 Å². The molecule has 0 saturated carbocycles. The molecule has 0 N–H and O–H groups in total. The summed E-state index contributed by atoms with van der Waals surface area (Å²) in [5.74, 6) is -0.322. The molecule has 6 nitrogen and oxygen atoms in total. The van der Waals surface area contributed by atoms with Crippen LogP contribution in [0, 0.1) is 5.82 Å². The first-order valence-electron chi connectivity index (χ1n) is 12.3. The van der Waals surface area contributed by atoms with Crippen molar-refractivity contribution in [2.24, 2.45) is 5.10 Å². The Morgan fingerprint density at radius 3 is 2.62 bits per heavy atom. The molecule has 0 spiro atoms. The van der Waals surface area contributed by atoms with E-state index in [9.17, 15) is 9.18 Å². The maximum Gasteiger partial charge on any atom is 0.345 e. The zero-order chi connectivity index (χ0) is 27.4. The van der Waals surface area contributed by atoms with Crippen LogP contribution in [0.1, 0.15) is 23.6 Å². The summed E-state index contributed by atoms with van der Waals surface area (Å²) in [6, 6.07) is 22.5. The van der Waals surface area contributed by atoms with Gasteiger partial charge in [-0.1, -0.05) is 53.5 Å². The number of halogens is 3. The third kappa shape index (κ3) is 4.44. The van der Waals surface area contributed by atoms with Gasteiger partial charge in [-0.05, 0) is 54.1 Å². The van der Waals surface area contributed by atoms with Crippen molar-refractivity contribution < 1.29 is 8.81 Å². The Kier molecular flexibility index (Phi) is 6.11. The van der Waals surface area contributed by atoms with Crippen LogP contribution in [0.3, 0.4) is 0 Å². The van der Waals surface area contributed by atoms with E-state index >= 15 is 0 Å². The van der Waals surface area contributed by atoms with Gasteiger partial charge in [0.25, 0.3) is 0 Å². The van der Waals surface area contributed by atoms with E-state index in [1.807, 2.05) is 30.3 Å². The first kappa shape index (κ1) is 24.9. The Bertz CT molecular complexity index is 2020. The highest BCUT2D eigenvalue weighted by Crippen LogP contribution is 2.42. The van der Waals surface area contributed by atoms with E-state index in [-0.39, 0.29) is 11.9 Å². The third-order valence-corrected chi connectivity index (χ3v) is 8.18. The highest BCUT2D eigenvalue weighted by molar-refractivity contribution is 7.14. The van der Waals surface area contributed by atoms with E-state index in [0.29, 0.717) is 44.0 Å². The second kappa shape index (κ2) is 9.82. The summed E-state index contributed by atoms with van der Waals surface area (Å²) < 4.78 is 19.2. The van der Waals surface area contributed by atoms with E-state index < -0.39 is 5.63 Å². The summed E-state index contributed by atoms with van der Waals surface area (Å²) in [6.45, 7) is 0. The Morgan fingerprint density at radius 2 is 1.77 bits per heavy atom. The molecule has 0 fully saturated rings. The number of para-hydroxylation sites is 1. The molecule has 6 aromatic rings. The van der Waals surface area contributed by atoms with Crippen LogP contribution in [0.25, 0.3) is 33.1 Å². The maximum atomic E-state index is 13.6. The lowest BCUT2D eigenvalue weighted by Crippen LogP contribution is -2.19. The highest BCUT2D eigenvalue weighted by Gasteiger charge is 2.34. The molecule has 0 radical (unpaired) electrons. The van der Waals surface area contributed by atoms with Crippen molar-refractivity contribution in [1.82, 2.24) is 9.97 Å². The lowest BCUT2D eigenvalue weighted by Gasteiger charge is -2.22. The molecule has 7 rings (SSSR count). The minimum Gasteiger partial charge on any atom is -0.422 e. The maximum absolute atomic E-state index is 13.6. The Morgan fingerprint density at radius 1 is 0.950 bits per heavy atom. The fourth-order valence-corrected chi connectivity index (χ4v) is 6.13. The molecule has 10 heteroatoms. The van der Waals surface area contributed by atoms with Crippen LogP contribution in [0.15, 0.2) is 98.6 Å². The molecule has 4 heterocycles. The zero-order valence-corrected chi connectivity index (χ0v) is 22.8. The van der Waals surface area contributed by atoms with Crippen molar-refractivity contribution in [1.29, 1.82) is 0 Å². The number of anilines is 1. The van der Waals surface area contributed by atoms with Crippen molar-refractivity contribution in [2.45, 2.75) is 12.5 Å². The van der Waals surface area contributed by atoms with Gasteiger partial charge in [-0.2, -0.15) is 5.10 Å². The monoisotopic (exact) mass is 586 g/mol. The van der Waals surface area contributed by atoms with Crippen LogP contribution in [0.5, 0.6) is 0 Å². The van der Waals surface area contributed by atoms with Gasteiger partial charge in [0.15, 0.2) is 0 Å². The van der Waals surface area contributed by atoms with Gasteiger partial charge in [-0.15, -0.1) is 11.3 Å². The second-order valence-corrected chi connectivity index (χ2v) is 11.0. The summed E-state index contributed by atoms with van der Waals surface area (Å²) in [5.41, 5.74) is 3.86. The van der Waals surface area contributed by atoms with Gasteiger partial charge in [0.2, 0.25) is 5.13 Å². The predicted molar refractivity (Wildman–Crippen MR) is 158 cm³/mol. The van der Waals surface area contributed by atoms with E-state index in [4.69, 9.17) is 37.7 Å². The van der Waals surface area contributed by atoms with E-state index in [1.54, 1.807) is 46.8 Å². The Hall–Kier alpha value is -4.11. The number of rotatable bonds is 4. The number of aromatic nitrogens is 2. The average molecular weight is 587 g/mol. The van der Waals surface area contributed by atoms with Crippen molar-refractivity contribution in [3.05, 3.63) is 122 Å². The SMILES string of the molecule is O=c1oc2ccc(Cl)cc2cc1-c1csc(N2N=C(c3ccc(F)cc3)CC2c2cc3ccccc3nc2Cl)n1. The fourth-order valence-electron chi connectivity index (χ4n) is 4.85. The number of fused-ring (bicyclic) bond motifs is 2. The molecule has 196 valence electrons. The molecular weight excluding hydrogens is 570 g/mol. The Labute approximate surface area is 240 Å². The number of hydrogen-bond acceptors (Lipinski definition) is 7. The van der Waals surface area contributed by atoms with Gasteiger partial charge in [0.1, 0.15) is 16.6 Å². The summed E-state index contributed by atoms with van der Waals surface area (Å²) in [4.78, 5) is 22.2. The van der Waals surface area contributed by atoms with Crippen molar-refractivity contribution >= 4 is 67.3 Å². The normalized spacial score (nSPS) is 15.2. The molecule has 3 aromatic carbocycles. The largest absolute Gasteiger partial charge is 0.422 e. The molecule has 0 aliphatic carbocycles. The van der Waals surface area contributed by atoms with Gasteiger partial charge in [-0.3, -0.25) is 0 Å². The van der Waals surface area contributed by atoms with E-state index in [0.717, 1.165) is 27.7 Å². The molecule has 0 bridgehead atoms. The molecular formula is C30H17Cl2FN4O2S. The number of benzene rings is 3. The number of hydrazone groups is 1. The van der Waals surface area contributed by atoms with Crippen LogP contribution < -0.4 is 10.6 Å². The molecule has 1 aliphatic heterocycles. The molecule has 0 saturated heterocycles. The lowest BCUT2D eigenvalue weighted by atomic mass is 9.98. The van der Waals surface area contributed by atoms with Crippen LogP contribution in [0.2, 0.25) is 10.2 Å². The Balaban J connectivity index is 1.33. The lowest BCUT2D eigenvalue weighted by molar-refractivity contribution is 0.563. The summed E-state index contributed by atoms with van der Waals surface area (Å²) >= 11 is 14.2. The number of nitrogens with zero attached hydrogens (tertiary/aromatic N) is 4. The predicted octanol–water partition coefficient (Wildman–Crippen LogP) is 8.27. The quantitative estimate of drug-likeness (QED) is 0.153. The smallest absolute Gasteiger partial charge is 0.345 e. The van der Waals surface area contributed by atoms with Crippen molar-refractivity contribution in [3.8, 4) is 11.3 Å². The fraction of sp³-hybridized carbons (Fsp3) is 0.0667. The van der Waals surface area contributed by atoms with Gasteiger partial charge in [0.05, 0.1) is 28.5 Å². The number of hydrogen-bond donors (Lipinski definition) is 0. The number of thiazole rings is 1. The van der Waals surface area contributed by atoms with Gasteiger partial charge in [0, 0.05) is 33.2 Å². The zero-order valence-electron chi connectivity index (χ0n) is 20.5. The minimum absolute atomic E-state index is 0.321. The summed E-state index contributed by atoms with van der Waals surface area (Å²) in [7, 11) is 0. The average Bonchev–Trinajstić information content (AvgIpc) is 3.61. The van der Waals surface area contributed by atoms with Crippen LogP contribution in [-0.4, -0.2) is 15.7 Å². The van der Waals surface area contributed by atoms with Gasteiger partial charge >= 0.3 is 5.63 Å². The molecule has 0 amide bonds.